The van der Waals surface area contributed by atoms with Crippen LogP contribution >= 0.6 is 12.8 Å². The number of amidine groups is 1. The highest BCUT2D eigenvalue weighted by Gasteiger charge is 1.73. The van der Waals surface area contributed by atoms with Gasteiger partial charge in [-0.1, -0.05) is 0 Å². The highest BCUT2D eigenvalue weighted by atomic mass is 32.1. The van der Waals surface area contributed by atoms with Crippen LogP contribution in [0.1, 0.15) is 13.8 Å². The van der Waals surface area contributed by atoms with Gasteiger partial charge in [-0.2, -0.15) is 0 Å². The van der Waals surface area contributed by atoms with Crippen LogP contribution in [0, 0.1) is 0 Å². The molecule has 0 aromatic rings. The van der Waals surface area contributed by atoms with Crippen molar-refractivity contribution in [2.45, 2.75) is 13.8 Å². The summed E-state index contributed by atoms with van der Waals surface area (Å²) in [6.07, 6.45) is 1.68. The third-order valence-corrected chi connectivity index (χ3v) is 0.750. The first-order valence-corrected chi connectivity index (χ1v) is 2.38. The van der Waals surface area contributed by atoms with Crippen LogP contribution in [-0.2, 0) is 0 Å². The fraction of sp³-hybridized carbons (Fsp3) is 0.500. The Morgan fingerprint density at radius 1 is 1.71 bits per heavy atom. The Bertz CT molecular complexity index is 95.9. The first kappa shape index (κ1) is 6.69. The van der Waals surface area contributed by atoms with Crippen molar-refractivity contribution in [1.29, 1.82) is 0 Å². The molecule has 0 spiro atoms. The molecule has 0 heterocycles. The number of hydrogen-bond donors (Lipinski definition) is 1. The molecule has 7 heavy (non-hydrogen) atoms. The Morgan fingerprint density at radius 3 is 2.43 bits per heavy atom. The van der Waals surface area contributed by atoms with Gasteiger partial charge >= 0.3 is 0 Å². The zero-order chi connectivity index (χ0) is 5.70. The fourth-order valence-corrected chi connectivity index (χ4v) is 0.264. The Kier molecular flexibility index (Phi) is 3.69. The zero-order valence-electron chi connectivity index (χ0n) is 4.42. The van der Waals surface area contributed by atoms with Crippen molar-refractivity contribution in [1.82, 2.24) is 0 Å². The zero-order valence-corrected chi connectivity index (χ0v) is 5.31. The van der Waals surface area contributed by atoms with Crippen molar-refractivity contribution in [3.63, 3.8) is 0 Å². The summed E-state index contributed by atoms with van der Waals surface area (Å²) in [5.41, 5.74) is 0. The van der Waals surface area contributed by atoms with Gasteiger partial charge in [-0.05, 0) is 26.7 Å². The Morgan fingerprint density at radius 2 is 2.29 bits per heavy atom. The number of hydrogen-bond acceptors (Lipinski definition) is 2. The van der Waals surface area contributed by atoms with E-state index in [1.54, 1.807) is 13.1 Å². The average molecular weight is 116 g/mol. The van der Waals surface area contributed by atoms with Crippen LogP contribution in [0.3, 0.4) is 0 Å². The molecular weight excluding hydrogens is 108 g/mol. The van der Waals surface area contributed by atoms with Gasteiger partial charge in [0.15, 0.2) is 0 Å². The SMILES string of the molecule is C/C=N\C(C)=N/S. The van der Waals surface area contributed by atoms with E-state index in [2.05, 4.69) is 22.2 Å². The Balaban J connectivity index is 3.58. The van der Waals surface area contributed by atoms with Gasteiger partial charge in [0, 0.05) is 6.21 Å². The summed E-state index contributed by atoms with van der Waals surface area (Å²) in [5.74, 6) is 0.686. The van der Waals surface area contributed by atoms with Gasteiger partial charge < -0.3 is 0 Å². The molecule has 0 aromatic carbocycles. The van der Waals surface area contributed by atoms with E-state index < -0.39 is 0 Å². The first-order valence-electron chi connectivity index (χ1n) is 1.98. The van der Waals surface area contributed by atoms with Crippen LogP contribution in [0.4, 0.5) is 0 Å². The van der Waals surface area contributed by atoms with E-state index in [1.807, 2.05) is 6.92 Å². The van der Waals surface area contributed by atoms with Gasteiger partial charge in [0.05, 0.1) is 0 Å². The van der Waals surface area contributed by atoms with Crippen LogP contribution in [0.15, 0.2) is 9.39 Å². The standard InChI is InChI=1S/C4H8N2S/c1-3-5-4(2)6-7/h3,7H,1-2H3/b5-3-,6-4-. The molecule has 0 aliphatic carbocycles. The van der Waals surface area contributed by atoms with Gasteiger partial charge in [-0.15, -0.1) is 0 Å². The maximum absolute atomic E-state index is 3.79. The maximum Gasteiger partial charge on any atom is 0.132 e. The van der Waals surface area contributed by atoms with Gasteiger partial charge in [0.2, 0.25) is 0 Å². The molecule has 0 saturated carbocycles. The molecule has 40 valence electrons. The molecule has 0 fully saturated rings. The van der Waals surface area contributed by atoms with Crippen LogP contribution < -0.4 is 0 Å². The van der Waals surface area contributed by atoms with E-state index in [4.69, 9.17) is 0 Å². The van der Waals surface area contributed by atoms with Crippen LogP contribution in [0.2, 0.25) is 0 Å². The summed E-state index contributed by atoms with van der Waals surface area (Å²) in [5, 5.41) is 0. The van der Waals surface area contributed by atoms with Gasteiger partial charge in [-0.25, -0.2) is 9.39 Å². The summed E-state index contributed by atoms with van der Waals surface area (Å²) >= 11 is 3.62. The lowest BCUT2D eigenvalue weighted by atomic mass is 10.7. The monoisotopic (exact) mass is 116 g/mol. The van der Waals surface area contributed by atoms with E-state index in [-0.39, 0.29) is 0 Å². The van der Waals surface area contributed by atoms with Crippen molar-refractivity contribution in [2.75, 3.05) is 0 Å². The first-order chi connectivity index (χ1) is 3.31. The van der Waals surface area contributed by atoms with Crippen molar-refractivity contribution in [3.05, 3.63) is 0 Å². The van der Waals surface area contributed by atoms with E-state index in [1.165, 1.54) is 0 Å². The molecule has 0 aliphatic rings. The lowest BCUT2D eigenvalue weighted by Crippen LogP contribution is -1.79. The topological polar surface area (TPSA) is 24.7 Å². The molecule has 0 rings (SSSR count). The summed E-state index contributed by atoms with van der Waals surface area (Å²) in [6.45, 7) is 3.62. The molecule has 0 aliphatic heterocycles. The third kappa shape index (κ3) is 3.52. The average Bonchev–Trinajstić information content (AvgIpc) is 1.68. The smallest absolute Gasteiger partial charge is 0.132 e. The molecular formula is C4H8N2S. The Labute approximate surface area is 48.9 Å². The lowest BCUT2D eigenvalue weighted by molar-refractivity contribution is 1.59. The van der Waals surface area contributed by atoms with E-state index in [0.717, 1.165) is 0 Å². The Hall–Kier alpha value is -0.310. The fourth-order valence-electron chi connectivity index (χ4n) is 0.213. The molecule has 0 saturated heterocycles. The van der Waals surface area contributed by atoms with Gasteiger partial charge in [-0.3, -0.25) is 0 Å². The minimum absolute atomic E-state index is 0.686. The molecule has 0 unspecified atom stereocenters. The number of nitrogens with zero attached hydrogens (tertiary/aromatic N) is 2. The van der Waals surface area contributed by atoms with Crippen molar-refractivity contribution in [3.8, 4) is 0 Å². The number of aliphatic imine (C=N–C) groups is 1. The highest BCUT2D eigenvalue weighted by molar-refractivity contribution is 7.79. The largest absolute Gasteiger partial charge is 0.246 e. The molecule has 0 N–H and O–H groups in total. The molecule has 0 radical (unpaired) electrons. The van der Waals surface area contributed by atoms with Gasteiger partial charge in [0.1, 0.15) is 5.84 Å². The maximum atomic E-state index is 3.79. The minimum atomic E-state index is 0.686. The third-order valence-electron chi connectivity index (χ3n) is 0.461. The van der Waals surface area contributed by atoms with E-state index >= 15 is 0 Å². The normalized spacial score (nSPS) is 13.3. The number of rotatable bonds is 0. The van der Waals surface area contributed by atoms with Crippen LogP contribution in [0.25, 0.3) is 0 Å². The number of thiol groups is 1. The van der Waals surface area contributed by atoms with Crippen molar-refractivity contribution in [2.24, 2.45) is 9.39 Å². The molecule has 3 heteroatoms. The second-order valence-corrected chi connectivity index (χ2v) is 1.23. The van der Waals surface area contributed by atoms with Gasteiger partial charge in [0.25, 0.3) is 0 Å². The summed E-state index contributed by atoms with van der Waals surface area (Å²) in [7, 11) is 0. The summed E-state index contributed by atoms with van der Waals surface area (Å²) in [4.78, 5) is 3.79. The molecule has 2 nitrogen and oxygen atoms in total. The van der Waals surface area contributed by atoms with Crippen LogP contribution in [-0.4, -0.2) is 12.1 Å². The predicted octanol–water partition coefficient (Wildman–Crippen LogP) is 1.34. The summed E-state index contributed by atoms with van der Waals surface area (Å²) in [6, 6.07) is 0. The summed E-state index contributed by atoms with van der Waals surface area (Å²) < 4.78 is 3.49. The molecule has 0 aromatic heterocycles. The van der Waals surface area contributed by atoms with Crippen molar-refractivity contribution < 1.29 is 0 Å². The van der Waals surface area contributed by atoms with Crippen molar-refractivity contribution >= 4 is 24.9 Å². The quantitative estimate of drug-likeness (QED) is 0.281. The lowest BCUT2D eigenvalue weighted by Gasteiger charge is -1.79. The minimum Gasteiger partial charge on any atom is -0.246 e. The highest BCUT2D eigenvalue weighted by Crippen LogP contribution is 1.80. The van der Waals surface area contributed by atoms with E-state index in [0.29, 0.717) is 5.84 Å². The van der Waals surface area contributed by atoms with E-state index in [9.17, 15) is 0 Å². The molecule has 0 amide bonds. The van der Waals surface area contributed by atoms with Crippen LogP contribution in [0.5, 0.6) is 0 Å². The second kappa shape index (κ2) is 3.87. The predicted molar refractivity (Wildman–Crippen MR) is 36.3 cm³/mol. The second-order valence-electron chi connectivity index (χ2n) is 1.03. The molecule has 0 bridgehead atoms. The molecule has 0 atom stereocenters.